The van der Waals surface area contributed by atoms with E-state index in [9.17, 15) is 9.90 Å². The fraction of sp³-hybridized carbons (Fsp3) is 0.471. The summed E-state index contributed by atoms with van der Waals surface area (Å²) in [7, 11) is 0. The second kappa shape index (κ2) is 5.80. The first-order valence-corrected chi connectivity index (χ1v) is 7.10. The number of rotatable bonds is 4. The van der Waals surface area contributed by atoms with Crippen LogP contribution in [0.4, 0.5) is 0 Å². The van der Waals surface area contributed by atoms with E-state index < -0.39 is 6.10 Å². The standard InChI is InChI=1S/C17H23NO2/c1-12(16(20)13-7-5-4-6-8-13)18-14-9-15(19)11-17(2,3)10-14/h4-9,12,16,18,20H,10-11H2,1-3H3/t12-,16-/m0/s1. The van der Waals surface area contributed by atoms with E-state index in [1.165, 1.54) is 0 Å². The SMILES string of the molecule is C[C@H](NC1=CC(=O)CC(C)(C)C1)[C@H](O)c1ccccc1. The van der Waals surface area contributed by atoms with Crippen LogP contribution in [0, 0.1) is 5.41 Å². The predicted octanol–water partition coefficient (Wildman–Crippen LogP) is 2.97. The van der Waals surface area contributed by atoms with Gasteiger partial charge in [0.2, 0.25) is 0 Å². The largest absolute Gasteiger partial charge is 0.386 e. The number of hydrogen-bond acceptors (Lipinski definition) is 3. The lowest BCUT2D eigenvalue weighted by Crippen LogP contribution is -2.35. The summed E-state index contributed by atoms with van der Waals surface area (Å²) < 4.78 is 0. The quantitative estimate of drug-likeness (QED) is 0.886. The van der Waals surface area contributed by atoms with Gasteiger partial charge in [0.05, 0.1) is 12.1 Å². The molecule has 108 valence electrons. The summed E-state index contributed by atoms with van der Waals surface area (Å²) >= 11 is 0. The summed E-state index contributed by atoms with van der Waals surface area (Å²) in [5, 5.41) is 13.6. The van der Waals surface area contributed by atoms with Crippen molar-refractivity contribution >= 4 is 5.78 Å². The molecule has 0 saturated heterocycles. The summed E-state index contributed by atoms with van der Waals surface area (Å²) in [6.07, 6.45) is 2.52. The van der Waals surface area contributed by atoms with Gasteiger partial charge < -0.3 is 10.4 Å². The molecule has 0 saturated carbocycles. The average Bonchev–Trinajstić information content (AvgIpc) is 2.36. The van der Waals surface area contributed by atoms with E-state index >= 15 is 0 Å². The fourth-order valence-corrected chi connectivity index (χ4v) is 2.75. The van der Waals surface area contributed by atoms with Gasteiger partial charge >= 0.3 is 0 Å². The second-order valence-electron chi connectivity index (χ2n) is 6.44. The Morgan fingerprint density at radius 3 is 2.45 bits per heavy atom. The zero-order valence-corrected chi connectivity index (χ0v) is 12.4. The van der Waals surface area contributed by atoms with Crippen molar-refractivity contribution in [3.8, 4) is 0 Å². The smallest absolute Gasteiger partial charge is 0.157 e. The maximum Gasteiger partial charge on any atom is 0.157 e. The molecule has 0 aromatic heterocycles. The summed E-state index contributed by atoms with van der Waals surface area (Å²) in [4.78, 5) is 11.7. The monoisotopic (exact) mass is 273 g/mol. The Balaban J connectivity index is 2.04. The number of ketones is 1. The molecule has 0 aliphatic heterocycles. The van der Waals surface area contributed by atoms with E-state index in [2.05, 4.69) is 19.2 Å². The molecule has 1 aliphatic rings. The van der Waals surface area contributed by atoms with Crippen LogP contribution in [0.15, 0.2) is 42.1 Å². The van der Waals surface area contributed by atoms with Crippen LogP contribution in [0.25, 0.3) is 0 Å². The van der Waals surface area contributed by atoms with E-state index in [0.29, 0.717) is 6.42 Å². The molecule has 1 aliphatic carbocycles. The minimum absolute atomic E-state index is 0.00835. The van der Waals surface area contributed by atoms with Crippen LogP contribution in [0.2, 0.25) is 0 Å². The maximum atomic E-state index is 11.7. The van der Waals surface area contributed by atoms with E-state index in [1.807, 2.05) is 37.3 Å². The Hall–Kier alpha value is -1.61. The van der Waals surface area contributed by atoms with E-state index in [-0.39, 0.29) is 17.2 Å². The number of carbonyl (C=O) groups is 1. The minimum atomic E-state index is -0.586. The normalized spacial score (nSPS) is 21.0. The Labute approximate surface area is 120 Å². The molecule has 3 nitrogen and oxygen atoms in total. The van der Waals surface area contributed by atoms with Gasteiger partial charge in [0.1, 0.15) is 0 Å². The summed E-state index contributed by atoms with van der Waals surface area (Å²) in [6.45, 7) is 6.13. The lowest BCUT2D eigenvalue weighted by Gasteiger charge is -2.32. The number of nitrogens with one attached hydrogen (secondary N) is 1. The third-order valence-electron chi connectivity index (χ3n) is 3.68. The highest BCUT2D eigenvalue weighted by atomic mass is 16.3. The number of aliphatic hydroxyl groups is 1. The molecule has 1 aromatic carbocycles. The molecule has 0 unspecified atom stereocenters. The molecule has 0 radical (unpaired) electrons. The van der Waals surface area contributed by atoms with Crippen LogP contribution in [0.5, 0.6) is 0 Å². The third-order valence-corrected chi connectivity index (χ3v) is 3.68. The Morgan fingerprint density at radius 1 is 1.20 bits per heavy atom. The topological polar surface area (TPSA) is 49.3 Å². The van der Waals surface area contributed by atoms with Gasteiger partial charge in [-0.2, -0.15) is 0 Å². The van der Waals surface area contributed by atoms with Crippen molar-refractivity contribution in [3.05, 3.63) is 47.7 Å². The highest BCUT2D eigenvalue weighted by Crippen LogP contribution is 2.33. The molecular formula is C17H23NO2. The Kier molecular flexibility index (Phi) is 4.29. The number of hydrogen-bond donors (Lipinski definition) is 2. The van der Waals surface area contributed by atoms with Gasteiger partial charge in [-0.15, -0.1) is 0 Å². The molecule has 20 heavy (non-hydrogen) atoms. The van der Waals surface area contributed by atoms with Crippen molar-refractivity contribution in [2.24, 2.45) is 5.41 Å². The molecule has 2 rings (SSSR count). The second-order valence-corrected chi connectivity index (χ2v) is 6.44. The number of carbonyl (C=O) groups excluding carboxylic acids is 1. The first-order valence-electron chi connectivity index (χ1n) is 7.10. The zero-order chi connectivity index (χ0) is 14.8. The van der Waals surface area contributed by atoms with Gasteiger partial charge in [-0.1, -0.05) is 44.2 Å². The van der Waals surface area contributed by atoms with Gasteiger partial charge in [0.15, 0.2) is 5.78 Å². The van der Waals surface area contributed by atoms with Crippen molar-refractivity contribution in [2.75, 3.05) is 0 Å². The molecule has 0 bridgehead atoms. The van der Waals surface area contributed by atoms with Crippen LogP contribution < -0.4 is 5.32 Å². The van der Waals surface area contributed by atoms with Crippen molar-refractivity contribution < 1.29 is 9.90 Å². The molecule has 2 N–H and O–H groups in total. The van der Waals surface area contributed by atoms with Crippen LogP contribution in [0.3, 0.4) is 0 Å². The van der Waals surface area contributed by atoms with Crippen molar-refractivity contribution in [1.29, 1.82) is 0 Å². The number of aliphatic hydroxyl groups excluding tert-OH is 1. The Bertz CT molecular complexity index is 505. The van der Waals surface area contributed by atoms with Gasteiger partial charge in [-0.05, 0) is 24.3 Å². The van der Waals surface area contributed by atoms with E-state index in [4.69, 9.17) is 0 Å². The van der Waals surface area contributed by atoms with Gasteiger partial charge in [0.25, 0.3) is 0 Å². The summed E-state index contributed by atoms with van der Waals surface area (Å²) in [5.41, 5.74) is 1.80. The Morgan fingerprint density at radius 2 is 1.85 bits per heavy atom. The zero-order valence-electron chi connectivity index (χ0n) is 12.4. The van der Waals surface area contributed by atoms with Crippen molar-refractivity contribution in [2.45, 2.75) is 45.8 Å². The van der Waals surface area contributed by atoms with Crippen LogP contribution in [0.1, 0.15) is 45.3 Å². The fourth-order valence-electron chi connectivity index (χ4n) is 2.75. The van der Waals surface area contributed by atoms with Crippen molar-refractivity contribution in [3.63, 3.8) is 0 Å². The number of allylic oxidation sites excluding steroid dienone is 2. The average molecular weight is 273 g/mol. The first-order chi connectivity index (χ1) is 9.37. The molecule has 0 amide bonds. The van der Waals surface area contributed by atoms with E-state index in [1.54, 1.807) is 6.08 Å². The molecule has 1 aromatic rings. The van der Waals surface area contributed by atoms with Crippen molar-refractivity contribution in [1.82, 2.24) is 5.32 Å². The van der Waals surface area contributed by atoms with Gasteiger partial charge in [-0.25, -0.2) is 0 Å². The highest BCUT2D eigenvalue weighted by Gasteiger charge is 2.28. The van der Waals surface area contributed by atoms with Crippen LogP contribution in [-0.4, -0.2) is 16.9 Å². The molecule has 2 atom stereocenters. The third kappa shape index (κ3) is 3.70. The van der Waals surface area contributed by atoms with Gasteiger partial charge in [-0.3, -0.25) is 4.79 Å². The number of benzene rings is 1. The summed E-state index contributed by atoms with van der Waals surface area (Å²) in [5.74, 6) is 0.158. The lowest BCUT2D eigenvalue weighted by atomic mass is 9.78. The molecule has 3 heteroatoms. The van der Waals surface area contributed by atoms with Gasteiger partial charge in [0, 0.05) is 18.2 Å². The highest BCUT2D eigenvalue weighted by molar-refractivity contribution is 5.91. The van der Waals surface area contributed by atoms with Crippen LogP contribution >= 0.6 is 0 Å². The molecule has 0 spiro atoms. The lowest BCUT2D eigenvalue weighted by molar-refractivity contribution is -0.117. The maximum absolute atomic E-state index is 11.7. The summed E-state index contributed by atoms with van der Waals surface area (Å²) in [6, 6.07) is 9.44. The predicted molar refractivity (Wildman–Crippen MR) is 80.1 cm³/mol. The first kappa shape index (κ1) is 14.8. The molecular weight excluding hydrogens is 250 g/mol. The van der Waals surface area contributed by atoms with Crippen LogP contribution in [-0.2, 0) is 4.79 Å². The molecule has 0 fully saturated rings. The minimum Gasteiger partial charge on any atom is -0.386 e. The van der Waals surface area contributed by atoms with E-state index in [0.717, 1.165) is 17.7 Å². The molecule has 0 heterocycles.